The van der Waals surface area contributed by atoms with Gasteiger partial charge in [0.15, 0.2) is 11.9 Å². The van der Waals surface area contributed by atoms with Crippen LogP contribution >= 0.6 is 0 Å². The third-order valence-corrected chi connectivity index (χ3v) is 7.97. The number of ether oxygens (including phenoxy) is 2. The van der Waals surface area contributed by atoms with Crippen LogP contribution in [-0.4, -0.2) is 37.8 Å². The number of hydrogen-bond donors (Lipinski definition) is 1. The number of anilines is 1. The minimum atomic E-state index is -3.68. The second-order valence-electron chi connectivity index (χ2n) is 8.45. The molecule has 1 atom stereocenters. The van der Waals surface area contributed by atoms with Gasteiger partial charge in [-0.05, 0) is 54.8 Å². The van der Waals surface area contributed by atoms with Crippen molar-refractivity contribution in [1.82, 2.24) is 4.31 Å². The monoisotopic (exact) mass is 478 g/mol. The summed E-state index contributed by atoms with van der Waals surface area (Å²) >= 11 is 0. The molecule has 0 radical (unpaired) electrons. The molecule has 2 aliphatic heterocycles. The van der Waals surface area contributed by atoms with Crippen molar-refractivity contribution in [2.24, 2.45) is 0 Å². The van der Waals surface area contributed by atoms with Crippen LogP contribution in [0.15, 0.2) is 77.7 Å². The maximum absolute atomic E-state index is 13.2. The number of carbonyl (C=O) groups excluding carboxylic acids is 1. The molecule has 2 heterocycles. The molecule has 8 heteroatoms. The Morgan fingerprint density at radius 3 is 2.44 bits per heavy atom. The molecule has 0 spiro atoms. The van der Waals surface area contributed by atoms with E-state index in [0.29, 0.717) is 36.8 Å². The van der Waals surface area contributed by atoms with Crippen LogP contribution in [0.1, 0.15) is 24.8 Å². The number of carbonyl (C=O) groups is 1. The highest BCUT2D eigenvalue weighted by atomic mass is 32.2. The first-order valence-electron chi connectivity index (χ1n) is 11.4. The molecule has 1 amide bonds. The maximum atomic E-state index is 13.2. The molecule has 5 rings (SSSR count). The van der Waals surface area contributed by atoms with Crippen molar-refractivity contribution < 1.29 is 22.7 Å². The van der Waals surface area contributed by atoms with E-state index in [2.05, 4.69) is 5.32 Å². The number of hydrogen-bond acceptors (Lipinski definition) is 5. The molecule has 34 heavy (non-hydrogen) atoms. The number of amides is 1. The van der Waals surface area contributed by atoms with E-state index >= 15 is 0 Å². The number of piperidine rings is 1. The smallest absolute Gasteiger partial charge is 0.265 e. The highest BCUT2D eigenvalue weighted by Crippen LogP contribution is 2.34. The molecule has 0 saturated carbocycles. The molecule has 0 bridgehead atoms. The summed E-state index contributed by atoms with van der Waals surface area (Å²) < 4.78 is 39.8. The van der Waals surface area contributed by atoms with E-state index in [9.17, 15) is 13.2 Å². The van der Waals surface area contributed by atoms with Crippen LogP contribution in [0, 0.1) is 0 Å². The molecule has 1 N–H and O–H groups in total. The minimum Gasteiger partial charge on any atom is -0.480 e. The van der Waals surface area contributed by atoms with Gasteiger partial charge in [-0.2, -0.15) is 4.31 Å². The average Bonchev–Trinajstić information content (AvgIpc) is 3.31. The SMILES string of the molecule is O=C(Nc1cc(S(=O)(=O)N2CCCCC2)ccc1Oc1ccccc1)[C@H]1Cc2ccccc2O1. The highest BCUT2D eigenvalue weighted by molar-refractivity contribution is 7.89. The lowest BCUT2D eigenvalue weighted by Crippen LogP contribution is -2.35. The number of benzene rings is 3. The van der Waals surface area contributed by atoms with E-state index in [1.165, 1.54) is 16.4 Å². The van der Waals surface area contributed by atoms with Gasteiger partial charge in [-0.3, -0.25) is 4.79 Å². The number of nitrogens with zero attached hydrogens (tertiary/aromatic N) is 1. The minimum absolute atomic E-state index is 0.126. The number of rotatable bonds is 6. The van der Waals surface area contributed by atoms with E-state index < -0.39 is 16.1 Å². The van der Waals surface area contributed by atoms with Crippen LogP contribution in [0.4, 0.5) is 5.69 Å². The lowest BCUT2D eigenvalue weighted by Gasteiger charge is -2.26. The van der Waals surface area contributed by atoms with Crippen LogP contribution in [0.2, 0.25) is 0 Å². The fourth-order valence-electron chi connectivity index (χ4n) is 4.27. The van der Waals surface area contributed by atoms with Crippen molar-refractivity contribution in [2.45, 2.75) is 36.7 Å². The van der Waals surface area contributed by atoms with Crippen molar-refractivity contribution in [2.75, 3.05) is 18.4 Å². The van der Waals surface area contributed by atoms with E-state index in [1.54, 1.807) is 18.2 Å². The van der Waals surface area contributed by atoms with Gasteiger partial charge in [0.25, 0.3) is 5.91 Å². The summed E-state index contributed by atoms with van der Waals surface area (Å²) in [5.74, 6) is 1.26. The molecule has 0 aromatic heterocycles. The third-order valence-electron chi connectivity index (χ3n) is 6.07. The normalized spacial score (nSPS) is 18.1. The van der Waals surface area contributed by atoms with Crippen molar-refractivity contribution in [1.29, 1.82) is 0 Å². The van der Waals surface area contributed by atoms with Crippen molar-refractivity contribution >= 4 is 21.6 Å². The van der Waals surface area contributed by atoms with Crippen molar-refractivity contribution in [3.63, 3.8) is 0 Å². The number of nitrogens with one attached hydrogen (secondary N) is 1. The van der Waals surface area contributed by atoms with Crippen LogP contribution in [0.5, 0.6) is 17.2 Å². The largest absolute Gasteiger partial charge is 0.480 e. The Hall–Kier alpha value is -3.36. The molecule has 2 aliphatic rings. The molecular weight excluding hydrogens is 452 g/mol. The Labute approximate surface area is 199 Å². The quantitative estimate of drug-likeness (QED) is 0.560. The standard InChI is InChI=1S/C26H26N2O5S/c29-26(25-17-19-9-5-6-12-23(19)33-25)27-22-18-21(34(30,31)28-15-7-2-8-16-28)13-14-24(22)32-20-10-3-1-4-11-20/h1,3-6,9-14,18,25H,2,7-8,15-17H2,(H,27,29)/t25-/m1/s1. The van der Waals surface area contributed by atoms with Gasteiger partial charge in [0, 0.05) is 19.5 Å². The molecule has 7 nitrogen and oxygen atoms in total. The molecule has 0 aliphatic carbocycles. The first-order chi connectivity index (χ1) is 16.5. The molecule has 1 saturated heterocycles. The number of fused-ring (bicyclic) bond motifs is 1. The fraction of sp³-hybridized carbons (Fsp3) is 0.269. The van der Waals surface area contributed by atoms with Crippen LogP contribution in [-0.2, 0) is 21.2 Å². The Balaban J connectivity index is 1.44. The van der Waals surface area contributed by atoms with E-state index in [-0.39, 0.29) is 16.5 Å². The second-order valence-corrected chi connectivity index (χ2v) is 10.4. The van der Waals surface area contributed by atoms with Crippen LogP contribution in [0.3, 0.4) is 0 Å². The summed E-state index contributed by atoms with van der Waals surface area (Å²) in [6.07, 6.45) is 2.46. The fourth-order valence-corrected chi connectivity index (χ4v) is 5.81. The van der Waals surface area contributed by atoms with Gasteiger partial charge in [0.05, 0.1) is 10.6 Å². The summed E-state index contributed by atoms with van der Waals surface area (Å²) in [4.78, 5) is 13.2. The summed E-state index contributed by atoms with van der Waals surface area (Å²) in [6, 6.07) is 21.3. The third kappa shape index (κ3) is 4.64. The first kappa shape index (κ1) is 22.4. The maximum Gasteiger partial charge on any atom is 0.265 e. The first-order valence-corrected chi connectivity index (χ1v) is 12.9. The van der Waals surface area contributed by atoms with Crippen LogP contribution < -0.4 is 14.8 Å². The van der Waals surface area contributed by atoms with Crippen molar-refractivity contribution in [3.05, 3.63) is 78.4 Å². The molecule has 3 aromatic carbocycles. The Bertz CT molecular complexity index is 1260. The molecular formula is C26H26N2O5S. The van der Waals surface area contributed by atoms with Gasteiger partial charge in [0.1, 0.15) is 11.5 Å². The molecule has 0 unspecified atom stereocenters. The Morgan fingerprint density at radius 1 is 0.941 bits per heavy atom. The summed E-state index contributed by atoms with van der Waals surface area (Å²) in [5, 5.41) is 2.85. The van der Waals surface area contributed by atoms with Gasteiger partial charge in [0.2, 0.25) is 10.0 Å². The van der Waals surface area contributed by atoms with Gasteiger partial charge < -0.3 is 14.8 Å². The highest BCUT2D eigenvalue weighted by Gasteiger charge is 2.31. The Morgan fingerprint density at radius 2 is 1.68 bits per heavy atom. The lowest BCUT2D eigenvalue weighted by molar-refractivity contribution is -0.122. The zero-order valence-electron chi connectivity index (χ0n) is 18.6. The topological polar surface area (TPSA) is 84.9 Å². The van der Waals surface area contributed by atoms with Gasteiger partial charge >= 0.3 is 0 Å². The molecule has 3 aromatic rings. The van der Waals surface area contributed by atoms with E-state index in [4.69, 9.17) is 9.47 Å². The average molecular weight is 479 g/mol. The van der Waals surface area contributed by atoms with Gasteiger partial charge in [-0.25, -0.2) is 8.42 Å². The molecule has 1 fully saturated rings. The zero-order chi connectivity index (χ0) is 23.5. The number of para-hydroxylation sites is 2. The number of sulfonamides is 1. The summed E-state index contributed by atoms with van der Waals surface area (Å²) in [5.41, 5.74) is 1.25. The second kappa shape index (κ2) is 9.48. The summed E-state index contributed by atoms with van der Waals surface area (Å²) in [6.45, 7) is 1.00. The van der Waals surface area contributed by atoms with Crippen LogP contribution in [0.25, 0.3) is 0 Å². The van der Waals surface area contributed by atoms with Gasteiger partial charge in [-0.15, -0.1) is 0 Å². The Kier molecular flexibility index (Phi) is 6.26. The predicted octanol–water partition coefficient (Wildman–Crippen LogP) is 4.60. The zero-order valence-corrected chi connectivity index (χ0v) is 19.5. The predicted molar refractivity (Wildman–Crippen MR) is 129 cm³/mol. The van der Waals surface area contributed by atoms with E-state index in [0.717, 1.165) is 24.8 Å². The van der Waals surface area contributed by atoms with E-state index in [1.807, 2.05) is 42.5 Å². The lowest BCUT2D eigenvalue weighted by atomic mass is 10.1. The summed E-state index contributed by atoms with van der Waals surface area (Å²) in [7, 11) is -3.68. The van der Waals surface area contributed by atoms with Gasteiger partial charge in [-0.1, -0.05) is 42.8 Å². The van der Waals surface area contributed by atoms with Crippen molar-refractivity contribution in [3.8, 4) is 17.2 Å². The molecule has 176 valence electrons.